The molecular formula is C19H26N4OS. The highest BCUT2D eigenvalue weighted by molar-refractivity contribution is 7.10. The van der Waals surface area contributed by atoms with Crippen LogP contribution in [0.25, 0.3) is 11.3 Å². The molecule has 0 radical (unpaired) electrons. The van der Waals surface area contributed by atoms with Gasteiger partial charge in [-0.25, -0.2) is 0 Å². The first-order chi connectivity index (χ1) is 12.1. The highest BCUT2D eigenvalue weighted by atomic mass is 32.1. The zero-order valence-electron chi connectivity index (χ0n) is 15.0. The molecule has 2 aliphatic rings. The fourth-order valence-corrected chi connectivity index (χ4v) is 5.07. The molecule has 1 fully saturated rings. The second kappa shape index (κ2) is 6.92. The summed E-state index contributed by atoms with van der Waals surface area (Å²) in [6, 6.07) is 2.78. The van der Waals surface area contributed by atoms with Gasteiger partial charge in [-0.2, -0.15) is 5.10 Å². The zero-order chi connectivity index (χ0) is 17.4. The van der Waals surface area contributed by atoms with Gasteiger partial charge in [-0.1, -0.05) is 6.42 Å². The lowest BCUT2D eigenvalue weighted by Gasteiger charge is -2.33. The highest BCUT2D eigenvalue weighted by Gasteiger charge is 2.27. The van der Waals surface area contributed by atoms with E-state index >= 15 is 0 Å². The summed E-state index contributed by atoms with van der Waals surface area (Å²) >= 11 is 1.80. The second-order valence-corrected chi connectivity index (χ2v) is 8.19. The molecule has 1 amide bonds. The lowest BCUT2D eigenvalue weighted by molar-refractivity contribution is 0.0932. The molecular weight excluding hydrogens is 332 g/mol. The quantitative estimate of drug-likeness (QED) is 0.914. The summed E-state index contributed by atoms with van der Waals surface area (Å²) in [5, 5.41) is 9.77. The van der Waals surface area contributed by atoms with Crippen LogP contribution in [0.5, 0.6) is 0 Å². The topological polar surface area (TPSA) is 50.2 Å². The minimum atomic E-state index is -0.0276. The number of aryl methyl sites for hydroxylation is 2. The van der Waals surface area contributed by atoms with Crippen LogP contribution in [0.3, 0.4) is 0 Å². The Morgan fingerprint density at radius 1 is 1.40 bits per heavy atom. The fourth-order valence-electron chi connectivity index (χ4n) is 4.19. The molecule has 6 heteroatoms. The van der Waals surface area contributed by atoms with Gasteiger partial charge in [0, 0.05) is 42.2 Å². The maximum absolute atomic E-state index is 12.7. The summed E-state index contributed by atoms with van der Waals surface area (Å²) in [6.45, 7) is 5.06. The van der Waals surface area contributed by atoms with E-state index in [1.807, 2.05) is 11.7 Å². The van der Waals surface area contributed by atoms with Crippen LogP contribution in [-0.4, -0.2) is 46.3 Å². The van der Waals surface area contributed by atoms with Crippen LogP contribution in [0.2, 0.25) is 0 Å². The molecule has 2 aromatic heterocycles. The molecule has 3 heterocycles. The monoisotopic (exact) mass is 358 g/mol. The van der Waals surface area contributed by atoms with E-state index in [0.717, 1.165) is 37.2 Å². The number of hydrogen-bond donors (Lipinski definition) is 1. The number of nitrogens with zero attached hydrogens (tertiary/aromatic N) is 3. The van der Waals surface area contributed by atoms with Crippen molar-refractivity contribution in [1.29, 1.82) is 0 Å². The van der Waals surface area contributed by atoms with E-state index in [9.17, 15) is 4.79 Å². The number of fused-ring (bicyclic) bond motifs is 3. The highest BCUT2D eigenvalue weighted by Crippen LogP contribution is 2.37. The molecule has 1 saturated heterocycles. The second-order valence-electron chi connectivity index (χ2n) is 7.19. The molecule has 25 heavy (non-hydrogen) atoms. The number of carbonyl (C=O) groups is 1. The molecule has 4 rings (SSSR count). The van der Waals surface area contributed by atoms with Gasteiger partial charge in [0.05, 0.1) is 5.69 Å². The van der Waals surface area contributed by atoms with Gasteiger partial charge < -0.3 is 5.32 Å². The van der Waals surface area contributed by atoms with Crippen LogP contribution < -0.4 is 5.32 Å². The first-order valence-corrected chi connectivity index (χ1v) is 10.2. The molecule has 2 aromatic rings. The normalized spacial score (nSPS) is 20.2. The average Bonchev–Trinajstić information content (AvgIpc) is 3.20. The first-order valence-electron chi connectivity index (χ1n) is 9.30. The molecule has 1 aliphatic carbocycles. The number of carbonyl (C=O) groups excluding carboxylic acids is 1. The van der Waals surface area contributed by atoms with E-state index in [4.69, 9.17) is 0 Å². The van der Waals surface area contributed by atoms with Gasteiger partial charge in [0.1, 0.15) is 0 Å². The number of aromatic nitrogens is 2. The van der Waals surface area contributed by atoms with Gasteiger partial charge in [-0.05, 0) is 50.6 Å². The molecule has 0 aromatic carbocycles. The van der Waals surface area contributed by atoms with Crippen molar-refractivity contribution in [3.05, 3.63) is 27.6 Å². The Hall–Kier alpha value is -1.66. The number of piperidine rings is 1. The van der Waals surface area contributed by atoms with Crippen molar-refractivity contribution in [2.45, 2.75) is 45.1 Å². The molecule has 1 atom stereocenters. The van der Waals surface area contributed by atoms with Crippen LogP contribution in [0.15, 0.2) is 11.4 Å². The molecule has 0 spiro atoms. The number of rotatable bonds is 4. The molecule has 0 bridgehead atoms. The predicted molar refractivity (Wildman–Crippen MR) is 101 cm³/mol. The molecule has 5 nitrogen and oxygen atoms in total. The van der Waals surface area contributed by atoms with Gasteiger partial charge in [0.15, 0.2) is 5.69 Å². The van der Waals surface area contributed by atoms with Gasteiger partial charge in [-0.15, -0.1) is 11.3 Å². The van der Waals surface area contributed by atoms with Crippen LogP contribution in [0.1, 0.15) is 47.1 Å². The maximum Gasteiger partial charge on any atom is 0.272 e. The Morgan fingerprint density at radius 3 is 3.12 bits per heavy atom. The summed E-state index contributed by atoms with van der Waals surface area (Å²) in [5.74, 6) is -0.0276. The minimum Gasteiger partial charge on any atom is -0.349 e. The summed E-state index contributed by atoms with van der Waals surface area (Å²) in [7, 11) is 1.94. The SMILES string of the molecule is C[C@@H]1CCCCN1CCNC(=O)c1nn(C)c2c1CCc1sccc1-2. The summed E-state index contributed by atoms with van der Waals surface area (Å²) in [4.78, 5) is 16.6. The Bertz CT molecular complexity index is 778. The Morgan fingerprint density at radius 2 is 2.28 bits per heavy atom. The van der Waals surface area contributed by atoms with E-state index in [1.165, 1.54) is 29.7 Å². The molecule has 134 valence electrons. The third-order valence-electron chi connectivity index (χ3n) is 5.59. The standard InChI is InChI=1S/C19H26N4OS/c1-13-5-3-4-10-23(13)11-9-20-19(24)17-15-6-7-16-14(8-12-25-16)18(15)22(2)21-17/h8,12-13H,3-7,9-11H2,1-2H3,(H,20,24)/t13-/m1/s1. The van der Waals surface area contributed by atoms with Crippen molar-refractivity contribution in [2.75, 3.05) is 19.6 Å². The summed E-state index contributed by atoms with van der Waals surface area (Å²) in [6.07, 6.45) is 5.79. The van der Waals surface area contributed by atoms with Crippen molar-refractivity contribution in [2.24, 2.45) is 7.05 Å². The molecule has 1 aliphatic heterocycles. The molecule has 1 N–H and O–H groups in total. The predicted octanol–water partition coefficient (Wildman–Crippen LogP) is 2.85. The number of likely N-dealkylation sites (tertiary alicyclic amines) is 1. The van der Waals surface area contributed by atoms with Gasteiger partial charge >= 0.3 is 0 Å². The number of amides is 1. The van der Waals surface area contributed by atoms with Crippen LogP contribution in [-0.2, 0) is 19.9 Å². The van der Waals surface area contributed by atoms with Gasteiger partial charge in [0.25, 0.3) is 5.91 Å². The lowest BCUT2D eigenvalue weighted by atomic mass is 9.94. The van der Waals surface area contributed by atoms with Crippen LogP contribution >= 0.6 is 11.3 Å². The lowest BCUT2D eigenvalue weighted by Crippen LogP contribution is -2.42. The van der Waals surface area contributed by atoms with Gasteiger partial charge in [0.2, 0.25) is 0 Å². The zero-order valence-corrected chi connectivity index (χ0v) is 15.9. The van der Waals surface area contributed by atoms with Crippen molar-refractivity contribution in [3.63, 3.8) is 0 Å². The smallest absolute Gasteiger partial charge is 0.272 e. The van der Waals surface area contributed by atoms with Crippen LogP contribution in [0, 0.1) is 0 Å². The first kappa shape index (κ1) is 16.8. The summed E-state index contributed by atoms with van der Waals surface area (Å²) in [5.41, 5.74) is 4.10. The van der Waals surface area contributed by atoms with E-state index in [2.05, 4.69) is 33.7 Å². The Kier molecular flexibility index (Phi) is 4.65. The maximum atomic E-state index is 12.7. The fraction of sp³-hybridized carbons (Fsp3) is 0.579. The van der Waals surface area contributed by atoms with Crippen molar-refractivity contribution < 1.29 is 4.79 Å². The largest absolute Gasteiger partial charge is 0.349 e. The Balaban J connectivity index is 1.44. The van der Waals surface area contributed by atoms with E-state index < -0.39 is 0 Å². The van der Waals surface area contributed by atoms with E-state index in [-0.39, 0.29) is 5.91 Å². The van der Waals surface area contributed by atoms with E-state index in [1.54, 1.807) is 11.3 Å². The third-order valence-corrected chi connectivity index (χ3v) is 6.57. The Labute approximate surface area is 153 Å². The number of thiophene rings is 1. The number of hydrogen-bond acceptors (Lipinski definition) is 4. The van der Waals surface area contributed by atoms with Crippen molar-refractivity contribution >= 4 is 17.2 Å². The molecule has 0 saturated carbocycles. The van der Waals surface area contributed by atoms with Gasteiger partial charge in [-0.3, -0.25) is 14.4 Å². The average molecular weight is 359 g/mol. The van der Waals surface area contributed by atoms with Crippen molar-refractivity contribution in [1.82, 2.24) is 20.0 Å². The molecule has 0 unspecified atom stereocenters. The van der Waals surface area contributed by atoms with Crippen LogP contribution in [0.4, 0.5) is 0 Å². The van der Waals surface area contributed by atoms with E-state index in [0.29, 0.717) is 18.3 Å². The third kappa shape index (κ3) is 3.13. The summed E-state index contributed by atoms with van der Waals surface area (Å²) < 4.78 is 1.88. The minimum absolute atomic E-state index is 0.0276. The number of nitrogens with one attached hydrogen (secondary N) is 1. The van der Waals surface area contributed by atoms with Crippen molar-refractivity contribution in [3.8, 4) is 11.3 Å².